The number of aliphatic carboxylic acids is 2. The van der Waals surface area contributed by atoms with Crippen LogP contribution in [0.4, 0.5) is 0 Å². The summed E-state index contributed by atoms with van der Waals surface area (Å²) in [7, 11) is 0. The molecule has 0 heterocycles. The molecule has 6 heteroatoms. The van der Waals surface area contributed by atoms with Gasteiger partial charge in [0.2, 0.25) is 0 Å². The Morgan fingerprint density at radius 1 is 1.06 bits per heavy atom. The summed E-state index contributed by atoms with van der Waals surface area (Å²) in [6.07, 6.45) is 0.678. The van der Waals surface area contributed by atoms with Crippen molar-refractivity contribution in [1.82, 2.24) is 0 Å². The lowest BCUT2D eigenvalue weighted by atomic mass is 10.1. The predicted octanol–water partition coefficient (Wildman–Crippen LogP) is 0.0580. The third-order valence-electron chi connectivity index (χ3n) is 1.58. The average Bonchev–Trinajstić information content (AvgIpc) is 2.29. The molecule has 6 N–H and O–H groups in total. The van der Waals surface area contributed by atoms with E-state index in [0.717, 1.165) is 0 Å². The van der Waals surface area contributed by atoms with Gasteiger partial charge in [-0.05, 0) is 5.56 Å². The maximum atomic E-state index is 10.7. The van der Waals surface area contributed by atoms with E-state index in [-0.39, 0.29) is 5.57 Å². The van der Waals surface area contributed by atoms with Crippen molar-refractivity contribution in [2.75, 3.05) is 0 Å². The molecule has 86 valence electrons. The van der Waals surface area contributed by atoms with Crippen molar-refractivity contribution < 1.29 is 19.8 Å². The number of rotatable bonds is 3. The average molecular weight is 224 g/mol. The SMILES string of the molecule is NN.O=C(O)/C=C(\C(=O)O)c1ccccc1. The molecule has 1 aromatic rings. The lowest BCUT2D eigenvalue weighted by molar-refractivity contribution is -0.133. The van der Waals surface area contributed by atoms with Gasteiger partial charge in [0, 0.05) is 6.08 Å². The van der Waals surface area contributed by atoms with E-state index in [1.807, 2.05) is 0 Å². The van der Waals surface area contributed by atoms with Crippen molar-refractivity contribution in [3.8, 4) is 0 Å². The highest BCUT2D eigenvalue weighted by Crippen LogP contribution is 2.13. The Bertz CT molecular complexity index is 387. The third-order valence-corrected chi connectivity index (χ3v) is 1.58. The molecule has 0 bridgehead atoms. The van der Waals surface area contributed by atoms with Crippen LogP contribution >= 0.6 is 0 Å². The second-order valence-electron chi connectivity index (χ2n) is 2.57. The number of nitrogens with two attached hydrogens (primary N) is 2. The fourth-order valence-corrected chi connectivity index (χ4v) is 1.01. The fraction of sp³-hybridized carbons (Fsp3) is 0. The minimum Gasteiger partial charge on any atom is -0.478 e. The lowest BCUT2D eigenvalue weighted by Crippen LogP contribution is -2.02. The molecule has 0 aliphatic heterocycles. The van der Waals surface area contributed by atoms with Crippen LogP contribution in [0.3, 0.4) is 0 Å². The Hall–Kier alpha value is -2.18. The number of hydrazine groups is 1. The predicted molar refractivity (Wildman–Crippen MR) is 58.1 cm³/mol. The number of benzene rings is 1. The van der Waals surface area contributed by atoms with Gasteiger partial charge in [0.15, 0.2) is 0 Å². The minimum atomic E-state index is -1.27. The molecule has 0 aromatic heterocycles. The number of carboxylic acids is 2. The van der Waals surface area contributed by atoms with Gasteiger partial charge in [0.25, 0.3) is 0 Å². The van der Waals surface area contributed by atoms with E-state index in [2.05, 4.69) is 11.7 Å². The van der Waals surface area contributed by atoms with Gasteiger partial charge in [-0.1, -0.05) is 30.3 Å². The van der Waals surface area contributed by atoms with E-state index in [9.17, 15) is 9.59 Å². The number of carbonyl (C=O) groups is 2. The van der Waals surface area contributed by atoms with Crippen LogP contribution < -0.4 is 11.7 Å². The molecule has 0 aliphatic rings. The molecule has 0 amide bonds. The molecule has 16 heavy (non-hydrogen) atoms. The van der Waals surface area contributed by atoms with Crippen LogP contribution in [0.25, 0.3) is 5.57 Å². The highest BCUT2D eigenvalue weighted by atomic mass is 16.4. The van der Waals surface area contributed by atoms with Gasteiger partial charge in [-0.15, -0.1) is 0 Å². The Morgan fingerprint density at radius 3 is 1.94 bits per heavy atom. The third kappa shape index (κ3) is 4.36. The zero-order valence-electron chi connectivity index (χ0n) is 8.33. The molecule has 0 unspecified atom stereocenters. The molecular formula is C10H12N2O4. The number of hydrogen-bond donors (Lipinski definition) is 4. The molecule has 0 aliphatic carbocycles. The summed E-state index contributed by atoms with van der Waals surface area (Å²) < 4.78 is 0. The largest absolute Gasteiger partial charge is 0.478 e. The molecule has 0 saturated heterocycles. The zero-order valence-corrected chi connectivity index (χ0v) is 8.33. The van der Waals surface area contributed by atoms with E-state index in [4.69, 9.17) is 10.2 Å². The number of hydrogen-bond acceptors (Lipinski definition) is 4. The Morgan fingerprint density at radius 2 is 1.56 bits per heavy atom. The quantitative estimate of drug-likeness (QED) is 0.326. The van der Waals surface area contributed by atoms with E-state index < -0.39 is 11.9 Å². The van der Waals surface area contributed by atoms with Gasteiger partial charge in [-0.2, -0.15) is 0 Å². The van der Waals surface area contributed by atoms with Crippen LogP contribution in [0.5, 0.6) is 0 Å². The van der Waals surface area contributed by atoms with E-state index in [1.165, 1.54) is 0 Å². The lowest BCUT2D eigenvalue weighted by Gasteiger charge is -1.99. The fourth-order valence-electron chi connectivity index (χ4n) is 1.01. The van der Waals surface area contributed by atoms with Crippen molar-refractivity contribution >= 4 is 17.5 Å². The molecule has 6 nitrogen and oxygen atoms in total. The summed E-state index contributed by atoms with van der Waals surface area (Å²) in [6.45, 7) is 0. The summed E-state index contributed by atoms with van der Waals surface area (Å²) in [5.41, 5.74) is 0.153. The van der Waals surface area contributed by atoms with Crippen LogP contribution in [0.2, 0.25) is 0 Å². The van der Waals surface area contributed by atoms with Gasteiger partial charge in [0.05, 0.1) is 5.57 Å². The van der Waals surface area contributed by atoms with Crippen LogP contribution in [-0.4, -0.2) is 22.2 Å². The maximum Gasteiger partial charge on any atom is 0.336 e. The summed E-state index contributed by atoms with van der Waals surface area (Å²) in [5, 5.41) is 17.2. The van der Waals surface area contributed by atoms with Gasteiger partial charge in [-0.25, -0.2) is 9.59 Å². The number of carboxylic acid groups (broad SMARTS) is 2. The van der Waals surface area contributed by atoms with Gasteiger partial charge >= 0.3 is 11.9 Å². The first-order chi connectivity index (χ1) is 7.61. The zero-order chi connectivity index (χ0) is 12.6. The smallest absolute Gasteiger partial charge is 0.336 e. The molecule has 0 fully saturated rings. The molecule has 0 saturated carbocycles. The molecule has 1 rings (SSSR count). The Kier molecular flexibility index (Phi) is 6.18. The molecule has 0 radical (unpaired) electrons. The molecule has 1 aromatic carbocycles. The Balaban J connectivity index is 0.00000106. The minimum absolute atomic E-state index is 0.224. The first-order valence-electron chi connectivity index (χ1n) is 4.18. The van der Waals surface area contributed by atoms with E-state index in [0.29, 0.717) is 11.6 Å². The van der Waals surface area contributed by atoms with Crippen molar-refractivity contribution in [3.05, 3.63) is 42.0 Å². The van der Waals surface area contributed by atoms with Crippen LogP contribution in [0.15, 0.2) is 36.4 Å². The molecule has 0 spiro atoms. The highest BCUT2D eigenvalue weighted by Gasteiger charge is 2.11. The highest BCUT2D eigenvalue weighted by molar-refractivity contribution is 6.19. The van der Waals surface area contributed by atoms with Gasteiger partial charge in [0.1, 0.15) is 0 Å². The maximum absolute atomic E-state index is 10.7. The van der Waals surface area contributed by atoms with Gasteiger partial charge in [-0.3, -0.25) is 11.7 Å². The van der Waals surface area contributed by atoms with Crippen molar-refractivity contribution in [3.63, 3.8) is 0 Å². The normalized spacial score (nSPS) is 10.0. The van der Waals surface area contributed by atoms with Crippen LogP contribution in [0.1, 0.15) is 5.56 Å². The van der Waals surface area contributed by atoms with E-state index >= 15 is 0 Å². The van der Waals surface area contributed by atoms with Crippen LogP contribution in [-0.2, 0) is 9.59 Å². The summed E-state index contributed by atoms with van der Waals surface area (Å²) >= 11 is 0. The van der Waals surface area contributed by atoms with Crippen molar-refractivity contribution in [2.24, 2.45) is 11.7 Å². The van der Waals surface area contributed by atoms with Crippen LogP contribution in [0, 0.1) is 0 Å². The molecular weight excluding hydrogens is 212 g/mol. The summed E-state index contributed by atoms with van der Waals surface area (Å²) in [6, 6.07) is 8.11. The standard InChI is InChI=1S/C10H8O4.H4N2/c11-9(12)6-8(10(13)14)7-4-2-1-3-5-7;1-2/h1-6H,(H,11,12)(H,13,14);1-2H2/b8-6-;. The topological polar surface area (TPSA) is 127 Å². The summed E-state index contributed by atoms with van der Waals surface area (Å²) in [5.74, 6) is 5.48. The molecule has 0 atom stereocenters. The second-order valence-corrected chi connectivity index (χ2v) is 2.57. The van der Waals surface area contributed by atoms with Crippen molar-refractivity contribution in [1.29, 1.82) is 0 Å². The Labute approximate surface area is 91.8 Å². The second kappa shape index (κ2) is 7.16. The van der Waals surface area contributed by atoms with Gasteiger partial charge < -0.3 is 10.2 Å². The van der Waals surface area contributed by atoms with Crippen molar-refractivity contribution in [2.45, 2.75) is 0 Å². The van der Waals surface area contributed by atoms with E-state index in [1.54, 1.807) is 30.3 Å². The first kappa shape index (κ1) is 13.8. The first-order valence-corrected chi connectivity index (χ1v) is 4.18. The summed E-state index contributed by atoms with van der Waals surface area (Å²) in [4.78, 5) is 21.1. The monoisotopic (exact) mass is 224 g/mol.